The molecular weight excluding hydrogens is 200 g/mol. The second-order valence-electron chi connectivity index (χ2n) is 4.23. The summed E-state index contributed by atoms with van der Waals surface area (Å²) < 4.78 is 0. The van der Waals surface area contributed by atoms with Crippen molar-refractivity contribution in [3.63, 3.8) is 0 Å². The number of carbonyl (C=O) groups is 1. The van der Waals surface area contributed by atoms with Crippen LogP contribution >= 0.6 is 0 Å². The third-order valence-corrected chi connectivity index (χ3v) is 3.00. The molecule has 0 bridgehead atoms. The fourth-order valence-electron chi connectivity index (χ4n) is 1.95. The molecule has 0 radical (unpaired) electrons. The molecule has 16 heavy (non-hydrogen) atoms. The van der Waals surface area contributed by atoms with Crippen molar-refractivity contribution >= 4 is 5.91 Å². The zero-order valence-electron chi connectivity index (χ0n) is 9.65. The number of amides is 1. The molecule has 1 aromatic rings. The number of hydrogen-bond acceptors (Lipinski definition) is 2. The highest BCUT2D eigenvalue weighted by Crippen LogP contribution is 2.27. The summed E-state index contributed by atoms with van der Waals surface area (Å²) in [4.78, 5) is 14.2. The van der Waals surface area contributed by atoms with Crippen LogP contribution in [-0.4, -0.2) is 23.4 Å². The van der Waals surface area contributed by atoms with E-state index in [1.807, 2.05) is 36.1 Å². The van der Waals surface area contributed by atoms with Gasteiger partial charge in [0, 0.05) is 24.7 Å². The lowest BCUT2D eigenvalue weighted by atomic mass is 10.1. The molecule has 1 aliphatic carbocycles. The molecule has 1 aromatic carbocycles. The second kappa shape index (κ2) is 4.66. The van der Waals surface area contributed by atoms with Crippen LogP contribution in [0, 0.1) is 0 Å². The summed E-state index contributed by atoms with van der Waals surface area (Å²) in [7, 11) is 0. The minimum absolute atomic E-state index is 0.139. The normalized spacial score (nSPS) is 14.9. The number of nitrogens with zero attached hydrogens (tertiary/aromatic N) is 1. The van der Waals surface area contributed by atoms with E-state index in [0.717, 1.165) is 30.5 Å². The van der Waals surface area contributed by atoms with E-state index in [1.54, 1.807) is 0 Å². The molecule has 0 aliphatic heterocycles. The van der Waals surface area contributed by atoms with E-state index in [2.05, 4.69) is 0 Å². The average Bonchev–Trinajstić information content (AvgIpc) is 3.14. The first-order chi connectivity index (χ1) is 7.76. The Morgan fingerprint density at radius 3 is 2.81 bits per heavy atom. The van der Waals surface area contributed by atoms with Crippen LogP contribution in [0.5, 0.6) is 0 Å². The third-order valence-electron chi connectivity index (χ3n) is 3.00. The van der Waals surface area contributed by atoms with E-state index < -0.39 is 0 Å². The molecule has 0 heterocycles. The molecule has 2 N–H and O–H groups in total. The first kappa shape index (κ1) is 11.1. The highest BCUT2D eigenvalue weighted by molar-refractivity contribution is 5.94. The van der Waals surface area contributed by atoms with Crippen molar-refractivity contribution in [2.24, 2.45) is 5.73 Å². The largest absolute Gasteiger partial charge is 0.336 e. The van der Waals surface area contributed by atoms with Gasteiger partial charge in [0.2, 0.25) is 0 Å². The van der Waals surface area contributed by atoms with E-state index in [9.17, 15) is 4.79 Å². The number of carbonyl (C=O) groups excluding carboxylic acids is 1. The van der Waals surface area contributed by atoms with E-state index in [1.165, 1.54) is 0 Å². The van der Waals surface area contributed by atoms with Gasteiger partial charge < -0.3 is 10.6 Å². The SMILES string of the molecule is CCN(C(=O)c1cccc(CN)c1)C1CC1. The van der Waals surface area contributed by atoms with Crippen molar-refractivity contribution in [3.8, 4) is 0 Å². The van der Waals surface area contributed by atoms with Gasteiger partial charge in [-0.2, -0.15) is 0 Å². The van der Waals surface area contributed by atoms with Crippen LogP contribution in [0.1, 0.15) is 35.7 Å². The van der Waals surface area contributed by atoms with Crippen LogP contribution in [0.15, 0.2) is 24.3 Å². The van der Waals surface area contributed by atoms with Crippen molar-refractivity contribution in [1.82, 2.24) is 4.90 Å². The van der Waals surface area contributed by atoms with E-state index in [4.69, 9.17) is 5.73 Å². The molecule has 1 fully saturated rings. The number of nitrogens with two attached hydrogens (primary N) is 1. The Hall–Kier alpha value is -1.35. The molecule has 3 heteroatoms. The first-order valence-electron chi connectivity index (χ1n) is 5.86. The average molecular weight is 218 g/mol. The highest BCUT2D eigenvalue weighted by atomic mass is 16.2. The molecule has 0 spiro atoms. The molecule has 1 saturated carbocycles. The van der Waals surface area contributed by atoms with E-state index >= 15 is 0 Å². The maximum atomic E-state index is 12.2. The van der Waals surface area contributed by atoms with Gasteiger partial charge in [-0.05, 0) is 37.5 Å². The van der Waals surface area contributed by atoms with Gasteiger partial charge in [-0.25, -0.2) is 0 Å². The summed E-state index contributed by atoms with van der Waals surface area (Å²) >= 11 is 0. The van der Waals surface area contributed by atoms with Crippen molar-refractivity contribution < 1.29 is 4.79 Å². The van der Waals surface area contributed by atoms with Crippen LogP contribution in [0.2, 0.25) is 0 Å². The van der Waals surface area contributed by atoms with Crippen LogP contribution < -0.4 is 5.73 Å². The summed E-state index contributed by atoms with van der Waals surface area (Å²) in [5.74, 6) is 0.139. The molecule has 0 unspecified atom stereocenters. The van der Waals surface area contributed by atoms with Gasteiger partial charge in [0.25, 0.3) is 5.91 Å². The van der Waals surface area contributed by atoms with Crippen LogP contribution in [0.4, 0.5) is 0 Å². The Bertz CT molecular complexity index is 385. The predicted octanol–water partition coefficient (Wildman–Crippen LogP) is 1.77. The van der Waals surface area contributed by atoms with Crippen molar-refractivity contribution in [2.75, 3.05) is 6.54 Å². The Labute approximate surface area is 96.2 Å². The minimum atomic E-state index is 0.139. The molecule has 86 valence electrons. The fraction of sp³-hybridized carbons (Fsp3) is 0.462. The lowest BCUT2D eigenvalue weighted by Gasteiger charge is -2.20. The molecular formula is C13H18N2O. The standard InChI is InChI=1S/C13H18N2O/c1-2-15(12-6-7-12)13(16)11-5-3-4-10(8-11)9-14/h3-5,8,12H,2,6-7,9,14H2,1H3. The lowest BCUT2D eigenvalue weighted by Crippen LogP contribution is -2.32. The number of rotatable bonds is 4. The van der Waals surface area contributed by atoms with Crippen molar-refractivity contribution in [3.05, 3.63) is 35.4 Å². The zero-order valence-corrected chi connectivity index (χ0v) is 9.65. The van der Waals surface area contributed by atoms with Gasteiger partial charge in [0.05, 0.1) is 0 Å². The predicted molar refractivity (Wildman–Crippen MR) is 64.1 cm³/mol. The van der Waals surface area contributed by atoms with Crippen molar-refractivity contribution in [2.45, 2.75) is 32.4 Å². The van der Waals surface area contributed by atoms with Crippen LogP contribution in [0.25, 0.3) is 0 Å². The van der Waals surface area contributed by atoms with E-state index in [0.29, 0.717) is 12.6 Å². The summed E-state index contributed by atoms with van der Waals surface area (Å²) in [6.07, 6.45) is 2.30. The van der Waals surface area contributed by atoms with Gasteiger partial charge in [0.1, 0.15) is 0 Å². The Morgan fingerprint density at radius 1 is 1.50 bits per heavy atom. The fourth-order valence-corrected chi connectivity index (χ4v) is 1.95. The van der Waals surface area contributed by atoms with Crippen LogP contribution in [-0.2, 0) is 6.54 Å². The molecule has 1 aliphatic rings. The quantitative estimate of drug-likeness (QED) is 0.837. The summed E-state index contributed by atoms with van der Waals surface area (Å²) in [6, 6.07) is 8.08. The lowest BCUT2D eigenvalue weighted by molar-refractivity contribution is 0.0752. The highest BCUT2D eigenvalue weighted by Gasteiger charge is 2.31. The second-order valence-corrected chi connectivity index (χ2v) is 4.23. The van der Waals surface area contributed by atoms with Gasteiger partial charge in [-0.1, -0.05) is 12.1 Å². The van der Waals surface area contributed by atoms with E-state index in [-0.39, 0.29) is 5.91 Å². The van der Waals surface area contributed by atoms with Gasteiger partial charge in [-0.3, -0.25) is 4.79 Å². The van der Waals surface area contributed by atoms with Gasteiger partial charge in [-0.15, -0.1) is 0 Å². The summed E-state index contributed by atoms with van der Waals surface area (Å²) in [6.45, 7) is 3.30. The smallest absolute Gasteiger partial charge is 0.254 e. The van der Waals surface area contributed by atoms with Crippen molar-refractivity contribution in [1.29, 1.82) is 0 Å². The minimum Gasteiger partial charge on any atom is -0.336 e. The topological polar surface area (TPSA) is 46.3 Å². The zero-order chi connectivity index (χ0) is 11.5. The maximum absolute atomic E-state index is 12.2. The first-order valence-corrected chi connectivity index (χ1v) is 5.86. The molecule has 0 saturated heterocycles. The molecule has 0 aromatic heterocycles. The summed E-state index contributed by atoms with van der Waals surface area (Å²) in [5.41, 5.74) is 7.35. The molecule has 1 amide bonds. The third kappa shape index (κ3) is 2.25. The Morgan fingerprint density at radius 2 is 2.25 bits per heavy atom. The Balaban J connectivity index is 2.18. The van der Waals surface area contributed by atoms with Gasteiger partial charge in [0.15, 0.2) is 0 Å². The monoisotopic (exact) mass is 218 g/mol. The Kier molecular flexibility index (Phi) is 3.25. The van der Waals surface area contributed by atoms with Gasteiger partial charge >= 0.3 is 0 Å². The molecule has 3 nitrogen and oxygen atoms in total. The number of benzene rings is 1. The molecule has 2 rings (SSSR count). The maximum Gasteiger partial charge on any atom is 0.254 e. The summed E-state index contributed by atoms with van der Waals surface area (Å²) in [5, 5.41) is 0. The number of hydrogen-bond donors (Lipinski definition) is 1. The molecule has 0 atom stereocenters. The van der Waals surface area contributed by atoms with Crippen LogP contribution in [0.3, 0.4) is 0 Å².